The molecule has 32 heavy (non-hydrogen) atoms. The summed E-state index contributed by atoms with van der Waals surface area (Å²) in [5, 5.41) is 12.0. The number of nitrogens with one attached hydrogen (secondary N) is 1. The molecule has 1 amide bonds. The van der Waals surface area contributed by atoms with Gasteiger partial charge in [0, 0.05) is 16.9 Å². The lowest BCUT2D eigenvalue weighted by Gasteiger charge is -2.41. The third-order valence-corrected chi connectivity index (χ3v) is 7.14. The summed E-state index contributed by atoms with van der Waals surface area (Å²) < 4.78 is 0. The molecule has 0 fully saturated rings. The molecular formula is C26H32N4OS. The summed E-state index contributed by atoms with van der Waals surface area (Å²) in [6, 6.07) is 7.89. The number of benzene rings is 1. The predicted molar refractivity (Wildman–Crippen MR) is 133 cm³/mol. The molecule has 0 radical (unpaired) electrons. The van der Waals surface area contributed by atoms with Crippen molar-refractivity contribution in [3.63, 3.8) is 0 Å². The van der Waals surface area contributed by atoms with E-state index in [2.05, 4.69) is 44.8 Å². The lowest BCUT2D eigenvalue weighted by molar-refractivity contribution is -0.116. The van der Waals surface area contributed by atoms with Gasteiger partial charge >= 0.3 is 0 Å². The van der Waals surface area contributed by atoms with E-state index in [-0.39, 0.29) is 12.1 Å². The Kier molecular flexibility index (Phi) is 6.99. The highest BCUT2D eigenvalue weighted by atomic mass is 32.2. The lowest BCUT2D eigenvalue weighted by atomic mass is 9.77. The van der Waals surface area contributed by atoms with Crippen molar-refractivity contribution in [1.82, 2.24) is 10.3 Å². The van der Waals surface area contributed by atoms with Crippen molar-refractivity contribution in [1.29, 1.82) is 0 Å². The van der Waals surface area contributed by atoms with Gasteiger partial charge in [0.05, 0.1) is 5.36 Å². The predicted octanol–water partition coefficient (Wildman–Crippen LogP) is 4.10. The first-order chi connectivity index (χ1) is 15.5. The number of hydrogen-bond acceptors (Lipinski definition) is 5. The standard InChI is InChI=1S/C26H32N4OS/c1-5-15-32-26-28-25(31)23-21-11-6-7-12-22(21)27-24(30(23)29-26)20-14-13-19(16-18(20)4)10-8-9-17(2)3/h5-7,9,11-13,18,20,24H,1,8,10,14-16H2,2-4H3,(H,28,29,31). The first kappa shape index (κ1) is 22.6. The van der Waals surface area contributed by atoms with E-state index in [0.717, 1.165) is 36.3 Å². The van der Waals surface area contributed by atoms with Crippen molar-refractivity contribution < 1.29 is 4.79 Å². The molecule has 0 saturated heterocycles. The zero-order valence-electron chi connectivity index (χ0n) is 19.2. The average molecular weight is 449 g/mol. The highest BCUT2D eigenvalue weighted by Gasteiger charge is 2.40. The molecule has 2 heterocycles. The summed E-state index contributed by atoms with van der Waals surface area (Å²) in [5.41, 5.74) is 3.52. The second-order valence-electron chi connectivity index (χ2n) is 8.98. The van der Waals surface area contributed by atoms with Crippen LogP contribution in [0.5, 0.6) is 0 Å². The Morgan fingerprint density at radius 2 is 2.16 bits per heavy atom. The fraction of sp³-hybridized carbons (Fsp3) is 0.423. The molecule has 1 N–H and O–H groups in total. The van der Waals surface area contributed by atoms with E-state index in [9.17, 15) is 4.79 Å². The van der Waals surface area contributed by atoms with Crippen molar-refractivity contribution in [3.05, 3.63) is 70.8 Å². The smallest absolute Gasteiger partial charge is 0.276 e. The maximum absolute atomic E-state index is 13.1. The highest BCUT2D eigenvalue weighted by molar-refractivity contribution is 8.14. The number of hydrogen-bond donors (Lipinski definition) is 1. The Morgan fingerprint density at radius 3 is 2.91 bits per heavy atom. The van der Waals surface area contributed by atoms with Crippen molar-refractivity contribution in [2.24, 2.45) is 21.9 Å². The topological polar surface area (TPSA) is 57.1 Å². The number of allylic oxidation sites excluding steroid dienone is 4. The number of fused-ring (bicyclic) bond motifs is 2. The SMILES string of the molecule is C=CCSC1=NN2C(=c3ccccc3=NC2C2CC=C(CCC=C(C)C)CC2C)C(=O)N1. The molecule has 1 aliphatic carbocycles. The van der Waals surface area contributed by atoms with Crippen LogP contribution in [0.2, 0.25) is 0 Å². The molecule has 168 valence electrons. The normalized spacial score (nSPS) is 24.3. The summed E-state index contributed by atoms with van der Waals surface area (Å²) >= 11 is 1.49. The van der Waals surface area contributed by atoms with E-state index in [1.54, 1.807) is 0 Å². The van der Waals surface area contributed by atoms with Gasteiger partial charge in [-0.05, 0) is 51.5 Å². The quantitative estimate of drug-likeness (QED) is 0.667. The number of nitrogens with zero attached hydrogens (tertiary/aromatic N) is 3. The minimum Gasteiger partial charge on any atom is -0.298 e. The van der Waals surface area contributed by atoms with Gasteiger partial charge in [0.15, 0.2) is 5.17 Å². The van der Waals surface area contributed by atoms with Crippen LogP contribution in [0.25, 0.3) is 5.70 Å². The van der Waals surface area contributed by atoms with Gasteiger partial charge in [0.25, 0.3) is 5.91 Å². The second-order valence-corrected chi connectivity index (χ2v) is 9.98. The summed E-state index contributed by atoms with van der Waals surface area (Å²) in [7, 11) is 0. The van der Waals surface area contributed by atoms with Crippen molar-refractivity contribution in [2.45, 2.75) is 52.6 Å². The maximum atomic E-state index is 13.1. The maximum Gasteiger partial charge on any atom is 0.276 e. The van der Waals surface area contributed by atoms with Crippen LogP contribution in [-0.4, -0.2) is 28.0 Å². The van der Waals surface area contributed by atoms with Gasteiger partial charge in [-0.15, -0.1) is 11.7 Å². The van der Waals surface area contributed by atoms with E-state index in [1.165, 1.54) is 22.9 Å². The number of amidine groups is 1. The fourth-order valence-corrected chi connectivity index (χ4v) is 5.27. The van der Waals surface area contributed by atoms with E-state index >= 15 is 0 Å². The van der Waals surface area contributed by atoms with Crippen LogP contribution in [0.15, 0.2) is 70.3 Å². The summed E-state index contributed by atoms with van der Waals surface area (Å²) in [6.45, 7) is 10.4. The number of carbonyl (C=O) groups is 1. The third kappa shape index (κ3) is 4.75. The zero-order chi connectivity index (χ0) is 22.7. The number of hydrazone groups is 1. The van der Waals surface area contributed by atoms with E-state index in [4.69, 9.17) is 10.1 Å². The zero-order valence-corrected chi connectivity index (χ0v) is 20.0. The lowest BCUT2D eigenvalue weighted by Crippen LogP contribution is -2.55. The largest absolute Gasteiger partial charge is 0.298 e. The van der Waals surface area contributed by atoms with Gasteiger partial charge in [-0.1, -0.05) is 66.3 Å². The van der Waals surface area contributed by atoms with Crippen molar-refractivity contribution in [2.75, 3.05) is 5.75 Å². The Bertz CT molecular complexity index is 1110. The summed E-state index contributed by atoms with van der Waals surface area (Å²) in [4.78, 5) is 18.2. The molecule has 3 unspecified atom stereocenters. The molecule has 1 aromatic carbocycles. The third-order valence-electron chi connectivity index (χ3n) is 6.28. The molecule has 0 bridgehead atoms. The number of para-hydroxylation sites is 1. The van der Waals surface area contributed by atoms with Gasteiger partial charge < -0.3 is 0 Å². The molecule has 2 aliphatic heterocycles. The number of thioether (sulfide) groups is 1. The monoisotopic (exact) mass is 448 g/mol. The van der Waals surface area contributed by atoms with E-state index in [1.807, 2.05) is 35.4 Å². The summed E-state index contributed by atoms with van der Waals surface area (Å²) in [6.07, 6.45) is 10.6. The van der Waals surface area contributed by atoms with Gasteiger partial charge in [-0.25, -0.2) is 5.01 Å². The van der Waals surface area contributed by atoms with Crippen LogP contribution in [0.3, 0.4) is 0 Å². The van der Waals surface area contributed by atoms with Crippen LogP contribution in [0.1, 0.15) is 46.5 Å². The molecule has 0 saturated carbocycles. The molecule has 4 rings (SSSR count). The Morgan fingerprint density at radius 1 is 1.34 bits per heavy atom. The van der Waals surface area contributed by atoms with Crippen molar-refractivity contribution >= 4 is 28.5 Å². The highest BCUT2D eigenvalue weighted by Crippen LogP contribution is 2.38. The van der Waals surface area contributed by atoms with Crippen LogP contribution in [-0.2, 0) is 4.79 Å². The molecule has 5 nitrogen and oxygen atoms in total. The Balaban J connectivity index is 1.67. The number of amides is 1. The minimum atomic E-state index is -0.184. The first-order valence-corrected chi connectivity index (χ1v) is 12.4. The van der Waals surface area contributed by atoms with Gasteiger partial charge in [-0.2, -0.15) is 0 Å². The molecule has 1 aromatic rings. The molecule has 3 aliphatic rings. The second kappa shape index (κ2) is 9.90. The van der Waals surface area contributed by atoms with Gasteiger partial charge in [-0.3, -0.25) is 15.1 Å². The number of carbonyl (C=O) groups excluding carboxylic acids is 1. The Hall–Kier alpha value is -2.60. The average Bonchev–Trinajstić information content (AvgIpc) is 2.77. The Labute approximate surface area is 194 Å². The van der Waals surface area contributed by atoms with Crippen LogP contribution < -0.4 is 15.9 Å². The van der Waals surface area contributed by atoms with Crippen LogP contribution in [0, 0.1) is 11.8 Å². The van der Waals surface area contributed by atoms with Crippen molar-refractivity contribution in [3.8, 4) is 0 Å². The van der Waals surface area contributed by atoms with Gasteiger partial charge in [0.2, 0.25) is 0 Å². The molecule has 0 spiro atoms. The fourth-order valence-electron chi connectivity index (χ4n) is 4.68. The van der Waals surface area contributed by atoms with E-state index in [0.29, 0.717) is 28.5 Å². The van der Waals surface area contributed by atoms with Gasteiger partial charge in [0.1, 0.15) is 11.9 Å². The first-order valence-electron chi connectivity index (χ1n) is 11.4. The molecule has 6 heteroatoms. The van der Waals surface area contributed by atoms with E-state index < -0.39 is 0 Å². The molecule has 0 aromatic heterocycles. The summed E-state index contributed by atoms with van der Waals surface area (Å²) in [5.74, 6) is 1.34. The van der Waals surface area contributed by atoms with Crippen LogP contribution >= 0.6 is 11.8 Å². The van der Waals surface area contributed by atoms with Crippen LogP contribution in [0.4, 0.5) is 0 Å². The minimum absolute atomic E-state index is 0.111. The molecular weight excluding hydrogens is 416 g/mol. The number of rotatable bonds is 6. The molecule has 3 atom stereocenters.